The minimum atomic E-state index is -0.477. The quantitative estimate of drug-likeness (QED) is 0.582. The molecule has 0 aromatic carbocycles. The van der Waals surface area contributed by atoms with Gasteiger partial charge < -0.3 is 25.5 Å². The molecule has 1 aliphatic heterocycles. The summed E-state index contributed by atoms with van der Waals surface area (Å²) in [6.07, 6.45) is 0.0218. The topological polar surface area (TPSA) is 94.2 Å². The summed E-state index contributed by atoms with van der Waals surface area (Å²) in [5.74, 6) is 0.886. The highest BCUT2D eigenvalue weighted by molar-refractivity contribution is 5.53. The number of nitrogens with zero attached hydrogens (tertiary/aromatic N) is 3. The molecule has 1 fully saturated rings. The lowest BCUT2D eigenvalue weighted by molar-refractivity contribution is -0.388. The maximum absolute atomic E-state index is 10.9. The van der Waals surface area contributed by atoms with Crippen LogP contribution in [0.4, 0.5) is 11.6 Å². The number of aromatic nitrogens is 2. The number of hydrogen-bond acceptors (Lipinski definition) is 6. The van der Waals surface area contributed by atoms with Crippen molar-refractivity contribution in [2.75, 3.05) is 31.6 Å². The van der Waals surface area contributed by atoms with Crippen molar-refractivity contribution in [2.24, 2.45) is 7.05 Å². The zero-order valence-corrected chi connectivity index (χ0v) is 10.5. The van der Waals surface area contributed by atoms with Crippen LogP contribution < -0.4 is 10.6 Å². The van der Waals surface area contributed by atoms with Crippen LogP contribution in [-0.4, -0.2) is 46.8 Å². The Morgan fingerprint density at radius 2 is 2.50 bits per heavy atom. The van der Waals surface area contributed by atoms with Gasteiger partial charge in [-0.1, -0.05) is 0 Å². The Morgan fingerprint density at radius 1 is 1.72 bits per heavy atom. The van der Waals surface area contributed by atoms with E-state index in [0.29, 0.717) is 24.8 Å². The number of aryl methyl sites for hydroxylation is 1. The lowest BCUT2D eigenvalue weighted by atomic mass is 10.3. The Kier molecular flexibility index (Phi) is 3.78. The van der Waals surface area contributed by atoms with E-state index in [2.05, 4.69) is 15.6 Å². The molecule has 2 rings (SSSR count). The van der Waals surface area contributed by atoms with Crippen LogP contribution in [0.15, 0.2) is 0 Å². The molecule has 0 bridgehead atoms. The van der Waals surface area contributed by atoms with Gasteiger partial charge in [-0.2, -0.15) is 0 Å². The first-order chi connectivity index (χ1) is 8.59. The van der Waals surface area contributed by atoms with Crippen molar-refractivity contribution in [2.45, 2.75) is 13.0 Å². The summed E-state index contributed by atoms with van der Waals surface area (Å²) >= 11 is 0. The molecule has 1 aliphatic rings. The summed E-state index contributed by atoms with van der Waals surface area (Å²) in [6.45, 7) is 4.52. The summed E-state index contributed by atoms with van der Waals surface area (Å²) in [5.41, 5.74) is 0. The van der Waals surface area contributed by atoms with Crippen molar-refractivity contribution >= 4 is 11.6 Å². The van der Waals surface area contributed by atoms with E-state index >= 15 is 0 Å². The standard InChI is InChI=1S/C10H17N5O3/c1-7-13-10(15(16)17)9(14(7)2)12-6-8-5-11-3-4-18-8/h8,11-12H,3-6H2,1-2H3. The minimum Gasteiger partial charge on any atom is -0.374 e. The van der Waals surface area contributed by atoms with Gasteiger partial charge in [-0.05, 0) is 9.91 Å². The minimum absolute atomic E-state index is 0.0218. The second-order valence-corrected chi connectivity index (χ2v) is 4.23. The Bertz CT molecular complexity index is 439. The number of imidazole rings is 1. The third kappa shape index (κ3) is 2.59. The summed E-state index contributed by atoms with van der Waals surface area (Å²) in [5, 5.41) is 17.1. The van der Waals surface area contributed by atoms with Gasteiger partial charge in [0.15, 0.2) is 0 Å². The first-order valence-electron chi connectivity index (χ1n) is 5.83. The van der Waals surface area contributed by atoms with Gasteiger partial charge >= 0.3 is 5.82 Å². The fourth-order valence-electron chi connectivity index (χ4n) is 1.88. The van der Waals surface area contributed by atoms with Gasteiger partial charge in [0.1, 0.15) is 0 Å². The van der Waals surface area contributed by atoms with Crippen molar-refractivity contribution in [3.63, 3.8) is 0 Å². The molecular weight excluding hydrogens is 238 g/mol. The van der Waals surface area contributed by atoms with Crippen molar-refractivity contribution in [3.8, 4) is 0 Å². The van der Waals surface area contributed by atoms with Crippen LogP contribution in [0.2, 0.25) is 0 Å². The van der Waals surface area contributed by atoms with E-state index in [-0.39, 0.29) is 11.9 Å². The molecule has 0 amide bonds. The number of morpholine rings is 1. The summed E-state index contributed by atoms with van der Waals surface area (Å²) < 4.78 is 7.20. The molecule has 1 aromatic heterocycles. The van der Waals surface area contributed by atoms with Gasteiger partial charge in [-0.15, -0.1) is 0 Å². The molecule has 18 heavy (non-hydrogen) atoms. The molecule has 2 heterocycles. The monoisotopic (exact) mass is 255 g/mol. The SMILES string of the molecule is Cc1nc([N+](=O)[O-])c(NCC2CNCCO2)n1C. The first kappa shape index (κ1) is 12.8. The second kappa shape index (κ2) is 5.32. The number of anilines is 1. The fraction of sp³-hybridized carbons (Fsp3) is 0.700. The average molecular weight is 255 g/mol. The highest BCUT2D eigenvalue weighted by Crippen LogP contribution is 2.23. The van der Waals surface area contributed by atoms with Crippen LogP contribution in [0, 0.1) is 17.0 Å². The summed E-state index contributed by atoms with van der Waals surface area (Å²) in [4.78, 5) is 14.3. The Hall–Kier alpha value is -1.67. The molecule has 0 spiro atoms. The Labute approximate surface area is 104 Å². The van der Waals surface area contributed by atoms with Crippen molar-refractivity contribution in [1.29, 1.82) is 0 Å². The predicted octanol–water partition coefficient (Wildman–Crippen LogP) is 0.0370. The zero-order valence-electron chi connectivity index (χ0n) is 10.5. The molecule has 1 saturated heterocycles. The maximum atomic E-state index is 10.9. The molecular formula is C10H17N5O3. The van der Waals surface area contributed by atoms with Crippen LogP contribution in [-0.2, 0) is 11.8 Å². The van der Waals surface area contributed by atoms with Crippen LogP contribution in [0.25, 0.3) is 0 Å². The lowest BCUT2D eigenvalue weighted by Gasteiger charge is -2.23. The number of nitrogens with one attached hydrogen (secondary N) is 2. The normalized spacial score (nSPS) is 19.8. The zero-order chi connectivity index (χ0) is 13.1. The molecule has 8 nitrogen and oxygen atoms in total. The Balaban J connectivity index is 2.05. The van der Waals surface area contributed by atoms with E-state index in [1.807, 2.05) is 0 Å². The van der Waals surface area contributed by atoms with Gasteiger partial charge in [0.05, 0.1) is 12.7 Å². The molecule has 0 saturated carbocycles. The molecule has 2 N–H and O–H groups in total. The number of hydrogen-bond donors (Lipinski definition) is 2. The van der Waals surface area contributed by atoms with Gasteiger partial charge in [-0.25, -0.2) is 0 Å². The molecule has 0 radical (unpaired) electrons. The molecule has 8 heteroatoms. The number of rotatable bonds is 4. The van der Waals surface area contributed by atoms with E-state index in [4.69, 9.17) is 4.74 Å². The average Bonchev–Trinajstić information content (AvgIpc) is 2.65. The van der Waals surface area contributed by atoms with E-state index < -0.39 is 4.92 Å². The van der Waals surface area contributed by atoms with Crippen molar-refractivity contribution in [3.05, 3.63) is 15.9 Å². The van der Waals surface area contributed by atoms with Gasteiger partial charge in [0.25, 0.3) is 0 Å². The fourth-order valence-corrected chi connectivity index (χ4v) is 1.88. The molecule has 1 aromatic rings. The van der Waals surface area contributed by atoms with E-state index in [1.165, 1.54) is 0 Å². The van der Waals surface area contributed by atoms with E-state index in [0.717, 1.165) is 13.1 Å². The molecule has 1 atom stereocenters. The summed E-state index contributed by atoms with van der Waals surface area (Å²) in [6, 6.07) is 0. The highest BCUT2D eigenvalue weighted by atomic mass is 16.6. The largest absolute Gasteiger partial charge is 0.406 e. The predicted molar refractivity (Wildman–Crippen MR) is 65.7 cm³/mol. The van der Waals surface area contributed by atoms with Gasteiger partial charge in [0.2, 0.25) is 11.6 Å². The first-order valence-corrected chi connectivity index (χ1v) is 5.83. The van der Waals surface area contributed by atoms with Crippen molar-refractivity contribution < 1.29 is 9.66 Å². The third-order valence-electron chi connectivity index (χ3n) is 2.97. The molecule has 100 valence electrons. The van der Waals surface area contributed by atoms with Crippen LogP contribution in [0.3, 0.4) is 0 Å². The van der Waals surface area contributed by atoms with Crippen molar-refractivity contribution in [1.82, 2.24) is 14.9 Å². The molecule has 1 unspecified atom stereocenters. The second-order valence-electron chi connectivity index (χ2n) is 4.23. The third-order valence-corrected chi connectivity index (χ3v) is 2.97. The van der Waals surface area contributed by atoms with Crippen LogP contribution in [0.5, 0.6) is 0 Å². The molecule has 0 aliphatic carbocycles. The van der Waals surface area contributed by atoms with E-state index in [9.17, 15) is 10.1 Å². The highest BCUT2D eigenvalue weighted by Gasteiger charge is 2.24. The maximum Gasteiger partial charge on any atom is 0.406 e. The number of nitro groups is 1. The smallest absolute Gasteiger partial charge is 0.374 e. The lowest BCUT2D eigenvalue weighted by Crippen LogP contribution is -2.42. The van der Waals surface area contributed by atoms with Crippen LogP contribution >= 0.6 is 0 Å². The van der Waals surface area contributed by atoms with Gasteiger partial charge in [-0.3, -0.25) is 4.57 Å². The Morgan fingerprint density at radius 3 is 3.11 bits per heavy atom. The van der Waals surface area contributed by atoms with Crippen LogP contribution in [0.1, 0.15) is 5.82 Å². The summed E-state index contributed by atoms with van der Waals surface area (Å²) in [7, 11) is 1.75. The van der Waals surface area contributed by atoms with Gasteiger partial charge in [0, 0.05) is 33.6 Å². The number of ether oxygens (including phenoxy) is 1. The van der Waals surface area contributed by atoms with E-state index in [1.54, 1.807) is 18.5 Å².